The van der Waals surface area contributed by atoms with E-state index in [0.29, 0.717) is 17.8 Å². The second-order valence-electron chi connectivity index (χ2n) is 10.2. The summed E-state index contributed by atoms with van der Waals surface area (Å²) in [4.78, 5) is 18.2. The standard InChI is InChI=1S/C29H31FN2O2S/c30-25-6-3-20(4-7-25)21-9-12-31(13-10-21)16-24-17-32(18-27(24)23-11-15-35-19-23)29(33)26-8-5-22-2-1-14-34-28(22)26/h1-4,6-7,11,14-15,19,21,24,27H,5,8-10,12-13,16-18H2. The average Bonchev–Trinajstić information content (AvgIpc) is 3.64. The van der Waals surface area contributed by atoms with Crippen molar-refractivity contribution in [2.24, 2.45) is 5.92 Å². The van der Waals surface area contributed by atoms with Gasteiger partial charge in [0.1, 0.15) is 11.6 Å². The molecule has 2 fully saturated rings. The molecule has 35 heavy (non-hydrogen) atoms. The van der Waals surface area contributed by atoms with Gasteiger partial charge in [0.05, 0.1) is 11.8 Å². The maximum absolute atomic E-state index is 13.6. The number of benzene rings is 1. The third kappa shape index (κ3) is 4.62. The number of allylic oxidation sites excluding steroid dienone is 3. The van der Waals surface area contributed by atoms with Crippen LogP contribution in [-0.4, -0.2) is 48.4 Å². The highest BCUT2D eigenvalue weighted by Gasteiger charge is 2.40. The van der Waals surface area contributed by atoms with Crippen LogP contribution in [0.4, 0.5) is 4.39 Å². The molecule has 1 aromatic carbocycles. The summed E-state index contributed by atoms with van der Waals surface area (Å²) in [5, 5.41) is 4.39. The van der Waals surface area contributed by atoms with Crippen molar-refractivity contribution in [2.45, 2.75) is 37.5 Å². The minimum atomic E-state index is -0.168. The number of nitrogens with zero attached hydrogens (tertiary/aromatic N) is 2. The molecule has 4 aliphatic rings. The highest BCUT2D eigenvalue weighted by molar-refractivity contribution is 7.08. The Balaban J connectivity index is 1.13. The first-order valence-corrected chi connectivity index (χ1v) is 13.6. The van der Waals surface area contributed by atoms with E-state index in [1.165, 1.54) is 11.1 Å². The molecule has 2 unspecified atom stereocenters. The fourth-order valence-corrected chi connectivity index (χ4v) is 6.97. The molecule has 2 saturated heterocycles. The van der Waals surface area contributed by atoms with Crippen LogP contribution < -0.4 is 0 Å². The smallest absolute Gasteiger partial charge is 0.253 e. The lowest BCUT2D eigenvalue weighted by Gasteiger charge is -2.34. The Labute approximate surface area is 210 Å². The van der Waals surface area contributed by atoms with Gasteiger partial charge in [0.2, 0.25) is 0 Å². The first-order chi connectivity index (χ1) is 17.2. The number of hydrogen-bond donors (Lipinski definition) is 0. The minimum Gasteiger partial charge on any atom is -0.464 e. The summed E-state index contributed by atoms with van der Waals surface area (Å²) in [5.74, 6) is 2.06. The first-order valence-electron chi connectivity index (χ1n) is 12.7. The zero-order chi connectivity index (χ0) is 23.8. The van der Waals surface area contributed by atoms with Crippen LogP contribution in [0, 0.1) is 11.7 Å². The van der Waals surface area contributed by atoms with E-state index in [1.54, 1.807) is 29.7 Å². The summed E-state index contributed by atoms with van der Waals surface area (Å²) in [7, 11) is 0. The second kappa shape index (κ2) is 9.75. The molecule has 3 aliphatic heterocycles. The van der Waals surface area contributed by atoms with Gasteiger partial charge in [0, 0.05) is 25.6 Å². The maximum atomic E-state index is 13.6. The van der Waals surface area contributed by atoms with Gasteiger partial charge in [-0.05, 0) is 102 Å². The number of carbonyl (C=O) groups excluding carboxylic acids is 1. The van der Waals surface area contributed by atoms with Crippen molar-refractivity contribution in [1.82, 2.24) is 9.80 Å². The van der Waals surface area contributed by atoms with Crippen LogP contribution in [0.1, 0.15) is 48.6 Å². The van der Waals surface area contributed by atoms with Gasteiger partial charge in [-0.3, -0.25) is 4.79 Å². The Bertz CT molecular complexity index is 1160. The summed E-state index contributed by atoms with van der Waals surface area (Å²) in [6, 6.07) is 9.25. The molecule has 0 radical (unpaired) electrons. The van der Waals surface area contributed by atoms with Crippen LogP contribution in [0.2, 0.25) is 0 Å². The molecule has 1 amide bonds. The summed E-state index contributed by atoms with van der Waals surface area (Å²) in [6.07, 6.45) is 9.49. The van der Waals surface area contributed by atoms with E-state index in [2.05, 4.69) is 32.7 Å². The molecule has 4 heterocycles. The van der Waals surface area contributed by atoms with Crippen LogP contribution in [0.25, 0.3) is 0 Å². The van der Waals surface area contributed by atoms with Gasteiger partial charge >= 0.3 is 0 Å². The molecule has 2 atom stereocenters. The Kier molecular flexibility index (Phi) is 6.33. The van der Waals surface area contributed by atoms with Crippen molar-refractivity contribution in [3.8, 4) is 0 Å². The average molecular weight is 491 g/mol. The second-order valence-corrected chi connectivity index (χ2v) is 11.0. The summed E-state index contributed by atoms with van der Waals surface area (Å²) in [6.45, 7) is 4.68. The highest BCUT2D eigenvalue weighted by atomic mass is 32.1. The van der Waals surface area contributed by atoms with Crippen molar-refractivity contribution in [2.75, 3.05) is 32.7 Å². The van der Waals surface area contributed by atoms with E-state index in [4.69, 9.17) is 4.74 Å². The molecule has 182 valence electrons. The van der Waals surface area contributed by atoms with E-state index in [-0.39, 0.29) is 11.7 Å². The van der Waals surface area contributed by atoms with E-state index in [9.17, 15) is 9.18 Å². The molecule has 0 bridgehead atoms. The largest absolute Gasteiger partial charge is 0.464 e. The predicted octanol–water partition coefficient (Wildman–Crippen LogP) is 5.83. The summed E-state index contributed by atoms with van der Waals surface area (Å²) < 4.78 is 19.1. The normalized spacial score (nSPS) is 25.1. The number of thiophene rings is 1. The molecule has 6 rings (SSSR count). The van der Waals surface area contributed by atoms with E-state index in [0.717, 1.165) is 75.3 Å². The molecule has 2 aromatic rings. The molecular weight excluding hydrogens is 459 g/mol. The molecule has 1 aromatic heterocycles. The number of piperidine rings is 1. The van der Waals surface area contributed by atoms with Gasteiger partial charge in [-0.1, -0.05) is 18.2 Å². The Morgan fingerprint density at radius 1 is 1.06 bits per heavy atom. The van der Waals surface area contributed by atoms with E-state index in [1.807, 2.05) is 18.2 Å². The quantitative estimate of drug-likeness (QED) is 0.529. The zero-order valence-corrected chi connectivity index (χ0v) is 20.7. The van der Waals surface area contributed by atoms with Crippen LogP contribution in [-0.2, 0) is 9.53 Å². The molecule has 6 heteroatoms. The Morgan fingerprint density at radius 3 is 2.66 bits per heavy atom. The van der Waals surface area contributed by atoms with E-state index < -0.39 is 0 Å². The topological polar surface area (TPSA) is 32.8 Å². The van der Waals surface area contributed by atoms with Crippen molar-refractivity contribution >= 4 is 17.2 Å². The fourth-order valence-electron chi connectivity index (χ4n) is 6.25. The lowest BCUT2D eigenvalue weighted by Crippen LogP contribution is -2.38. The van der Waals surface area contributed by atoms with E-state index >= 15 is 0 Å². The number of ether oxygens (including phenoxy) is 1. The molecule has 0 spiro atoms. The number of likely N-dealkylation sites (tertiary alicyclic amines) is 2. The maximum Gasteiger partial charge on any atom is 0.253 e. The number of rotatable bonds is 5. The molecule has 0 N–H and O–H groups in total. The number of carbonyl (C=O) groups is 1. The summed E-state index contributed by atoms with van der Waals surface area (Å²) >= 11 is 1.74. The Hall–Kier alpha value is -2.70. The Morgan fingerprint density at radius 2 is 1.89 bits per heavy atom. The van der Waals surface area contributed by atoms with Gasteiger partial charge < -0.3 is 14.5 Å². The first kappa shape index (κ1) is 22.7. The third-order valence-corrected chi connectivity index (χ3v) is 8.85. The SMILES string of the molecule is O=C(C1=C2OC=CC=C2CC1)N1CC(CN2CCC(c3ccc(F)cc3)CC2)C(c2ccsc2)C1. The third-order valence-electron chi connectivity index (χ3n) is 8.15. The molecule has 1 aliphatic carbocycles. The molecule has 4 nitrogen and oxygen atoms in total. The van der Waals surface area contributed by atoms with Crippen molar-refractivity contribution in [1.29, 1.82) is 0 Å². The molecular formula is C29H31FN2O2S. The molecule has 0 saturated carbocycles. The highest BCUT2D eigenvalue weighted by Crippen LogP contribution is 2.40. The van der Waals surface area contributed by atoms with Crippen LogP contribution >= 0.6 is 11.3 Å². The van der Waals surface area contributed by atoms with Gasteiger partial charge in [0.15, 0.2) is 0 Å². The summed E-state index contributed by atoms with van der Waals surface area (Å²) in [5.41, 5.74) is 4.59. The number of fused-ring (bicyclic) bond motifs is 1. The lowest BCUT2D eigenvalue weighted by atomic mass is 9.87. The van der Waals surface area contributed by atoms with Gasteiger partial charge in [-0.15, -0.1) is 0 Å². The van der Waals surface area contributed by atoms with Gasteiger partial charge in [-0.25, -0.2) is 4.39 Å². The fraction of sp³-hybridized carbons (Fsp3) is 0.414. The number of hydrogen-bond acceptors (Lipinski definition) is 4. The number of amides is 1. The zero-order valence-electron chi connectivity index (χ0n) is 19.9. The van der Waals surface area contributed by atoms with Crippen LogP contribution in [0.15, 0.2) is 76.4 Å². The van der Waals surface area contributed by atoms with Gasteiger partial charge in [0.25, 0.3) is 5.91 Å². The number of halogens is 1. The minimum absolute atomic E-state index is 0.149. The lowest BCUT2D eigenvalue weighted by molar-refractivity contribution is -0.126. The predicted molar refractivity (Wildman–Crippen MR) is 137 cm³/mol. The van der Waals surface area contributed by atoms with Crippen LogP contribution in [0.3, 0.4) is 0 Å². The van der Waals surface area contributed by atoms with Crippen LogP contribution in [0.5, 0.6) is 0 Å². The van der Waals surface area contributed by atoms with Crippen molar-refractivity contribution < 1.29 is 13.9 Å². The monoisotopic (exact) mass is 490 g/mol. The van der Waals surface area contributed by atoms with Gasteiger partial charge in [-0.2, -0.15) is 11.3 Å². The van der Waals surface area contributed by atoms with Crippen molar-refractivity contribution in [3.05, 3.63) is 93.4 Å². The van der Waals surface area contributed by atoms with Crippen molar-refractivity contribution in [3.63, 3.8) is 0 Å².